The molecule has 0 amide bonds. The highest BCUT2D eigenvalue weighted by atomic mass is 35.5. The summed E-state index contributed by atoms with van der Waals surface area (Å²) < 4.78 is 17.5. The van der Waals surface area contributed by atoms with Crippen LogP contribution in [0.5, 0.6) is 11.5 Å². The number of ether oxygens (including phenoxy) is 3. The first-order chi connectivity index (χ1) is 15.0. The monoisotopic (exact) mass is 440 g/mol. The van der Waals surface area contributed by atoms with Gasteiger partial charge < -0.3 is 19.5 Å². The number of nitrogens with one attached hydrogen (secondary N) is 1. The fraction of sp³-hybridized carbons (Fsp3) is 0.227. The molecule has 31 heavy (non-hydrogen) atoms. The van der Waals surface area contributed by atoms with Crippen molar-refractivity contribution in [3.05, 3.63) is 58.5 Å². The van der Waals surface area contributed by atoms with Gasteiger partial charge >= 0.3 is 5.97 Å². The van der Waals surface area contributed by atoms with E-state index in [0.717, 1.165) is 16.9 Å². The van der Waals surface area contributed by atoms with Crippen LogP contribution in [0.4, 0.5) is 5.82 Å². The van der Waals surface area contributed by atoms with Crippen molar-refractivity contribution in [3.8, 4) is 11.5 Å². The van der Waals surface area contributed by atoms with Gasteiger partial charge in [0.1, 0.15) is 22.8 Å². The molecular weight excluding hydrogens is 420 g/mol. The lowest BCUT2D eigenvalue weighted by Crippen LogP contribution is -2.08. The lowest BCUT2D eigenvalue weighted by molar-refractivity contribution is 0.0601. The number of methoxy groups -OCH3 is 3. The minimum Gasteiger partial charge on any atom is -0.497 e. The number of fused-ring (bicyclic) bond motifs is 3. The molecule has 0 spiro atoms. The van der Waals surface area contributed by atoms with Gasteiger partial charge in [-0.1, -0.05) is 11.6 Å². The summed E-state index contributed by atoms with van der Waals surface area (Å²) in [5, 5.41) is 3.63. The highest BCUT2D eigenvalue weighted by Gasteiger charge is 2.17. The van der Waals surface area contributed by atoms with Gasteiger partial charge in [0.2, 0.25) is 0 Å². The van der Waals surface area contributed by atoms with Crippen molar-refractivity contribution >= 4 is 39.9 Å². The Bertz CT molecular complexity index is 1300. The van der Waals surface area contributed by atoms with Crippen molar-refractivity contribution in [2.75, 3.05) is 26.6 Å². The summed E-state index contributed by atoms with van der Waals surface area (Å²) >= 11 is 6.32. The Labute approximate surface area is 183 Å². The lowest BCUT2D eigenvalue weighted by atomic mass is 10.1. The Balaban J connectivity index is 1.79. The van der Waals surface area contributed by atoms with Gasteiger partial charge in [0, 0.05) is 18.2 Å². The zero-order chi connectivity index (χ0) is 22.1. The fourth-order valence-corrected chi connectivity index (χ4v) is 3.72. The number of halogens is 1. The SMILES string of the molecule is COC(=O)c1cc2c(cc1Cl)nc(NCc1ccc(OC)cc1OC)c1cnc(C)n12. The second kappa shape index (κ2) is 8.31. The van der Waals surface area contributed by atoms with Crippen LogP contribution >= 0.6 is 11.6 Å². The van der Waals surface area contributed by atoms with Gasteiger partial charge in [-0.2, -0.15) is 0 Å². The number of esters is 1. The third kappa shape index (κ3) is 3.70. The molecular formula is C22H21ClN4O4. The summed E-state index contributed by atoms with van der Waals surface area (Å²) in [5.74, 6) is 2.30. The molecule has 2 aromatic carbocycles. The van der Waals surface area contributed by atoms with Crippen molar-refractivity contribution in [2.45, 2.75) is 13.5 Å². The highest BCUT2D eigenvalue weighted by molar-refractivity contribution is 6.34. The Morgan fingerprint density at radius 1 is 1.13 bits per heavy atom. The van der Waals surface area contributed by atoms with E-state index in [9.17, 15) is 4.79 Å². The molecule has 4 rings (SSSR count). The predicted octanol–water partition coefficient (Wildman–Crippen LogP) is 4.26. The molecule has 0 radical (unpaired) electrons. The molecule has 0 saturated heterocycles. The number of benzene rings is 2. The van der Waals surface area contributed by atoms with Gasteiger partial charge in [0.25, 0.3) is 0 Å². The molecule has 2 heterocycles. The Morgan fingerprint density at radius 3 is 2.65 bits per heavy atom. The smallest absolute Gasteiger partial charge is 0.339 e. The molecule has 0 fully saturated rings. The molecule has 0 aliphatic rings. The summed E-state index contributed by atoms with van der Waals surface area (Å²) in [7, 11) is 4.55. The van der Waals surface area contributed by atoms with Crippen LogP contribution in [0, 0.1) is 6.92 Å². The molecule has 2 aromatic heterocycles. The van der Waals surface area contributed by atoms with Crippen LogP contribution in [0.2, 0.25) is 5.02 Å². The molecule has 1 N–H and O–H groups in total. The second-order valence-electron chi connectivity index (χ2n) is 6.83. The molecule has 9 heteroatoms. The average Bonchev–Trinajstić information content (AvgIpc) is 3.18. The number of hydrogen-bond acceptors (Lipinski definition) is 7. The highest BCUT2D eigenvalue weighted by Crippen LogP contribution is 2.30. The summed E-state index contributed by atoms with van der Waals surface area (Å²) in [6, 6.07) is 8.97. The Morgan fingerprint density at radius 2 is 1.94 bits per heavy atom. The lowest BCUT2D eigenvalue weighted by Gasteiger charge is -2.14. The number of imidazole rings is 1. The number of hydrogen-bond donors (Lipinski definition) is 1. The summed E-state index contributed by atoms with van der Waals surface area (Å²) in [5.41, 5.74) is 3.32. The number of carbonyl (C=O) groups excluding carboxylic acids is 1. The molecule has 0 unspecified atom stereocenters. The van der Waals surface area contributed by atoms with Gasteiger partial charge in [0.15, 0.2) is 5.82 Å². The first kappa shape index (κ1) is 20.7. The quantitative estimate of drug-likeness (QED) is 0.448. The van der Waals surface area contributed by atoms with E-state index < -0.39 is 5.97 Å². The minimum absolute atomic E-state index is 0.270. The van der Waals surface area contributed by atoms with Crippen LogP contribution in [0.25, 0.3) is 16.6 Å². The molecule has 0 aliphatic heterocycles. The van der Waals surface area contributed by atoms with Crippen molar-refractivity contribution in [2.24, 2.45) is 0 Å². The third-order valence-corrected chi connectivity index (χ3v) is 5.38. The summed E-state index contributed by atoms with van der Waals surface area (Å²) in [6.07, 6.45) is 1.74. The minimum atomic E-state index is -0.508. The zero-order valence-corrected chi connectivity index (χ0v) is 18.3. The second-order valence-corrected chi connectivity index (χ2v) is 7.24. The maximum Gasteiger partial charge on any atom is 0.339 e. The van der Waals surface area contributed by atoms with E-state index in [1.807, 2.05) is 29.5 Å². The average molecular weight is 441 g/mol. The molecule has 0 bridgehead atoms. The maximum atomic E-state index is 12.1. The van der Waals surface area contributed by atoms with Gasteiger partial charge in [-0.3, -0.25) is 4.40 Å². The van der Waals surface area contributed by atoms with E-state index >= 15 is 0 Å². The van der Waals surface area contributed by atoms with Crippen molar-refractivity contribution in [1.29, 1.82) is 0 Å². The standard InChI is InChI=1S/C22H21ClN4O4/c1-12-24-11-19-21(25-10-13-5-6-14(29-2)7-20(13)30-3)26-17-9-16(23)15(22(28)31-4)8-18(17)27(12)19/h5-9,11H,10H2,1-4H3,(H,25,26). The number of rotatable bonds is 6. The largest absolute Gasteiger partial charge is 0.497 e. The van der Waals surface area contributed by atoms with Crippen LogP contribution in [-0.2, 0) is 11.3 Å². The number of carbonyl (C=O) groups is 1. The first-order valence-electron chi connectivity index (χ1n) is 9.47. The summed E-state index contributed by atoms with van der Waals surface area (Å²) in [6.45, 7) is 2.36. The van der Waals surface area contributed by atoms with Gasteiger partial charge in [-0.05, 0) is 31.2 Å². The van der Waals surface area contributed by atoms with E-state index in [1.54, 1.807) is 32.5 Å². The molecule has 160 valence electrons. The van der Waals surface area contributed by atoms with E-state index in [4.69, 9.17) is 30.8 Å². The van der Waals surface area contributed by atoms with Crippen molar-refractivity contribution in [1.82, 2.24) is 14.4 Å². The zero-order valence-electron chi connectivity index (χ0n) is 17.5. The number of aromatic nitrogens is 3. The molecule has 4 aromatic rings. The van der Waals surface area contributed by atoms with Gasteiger partial charge in [0.05, 0.1) is 49.1 Å². The topological polar surface area (TPSA) is 87.0 Å². The Kier molecular flexibility index (Phi) is 5.56. The van der Waals surface area contributed by atoms with E-state index in [0.29, 0.717) is 34.9 Å². The van der Waals surface area contributed by atoms with Crippen LogP contribution < -0.4 is 14.8 Å². The van der Waals surface area contributed by atoms with E-state index in [-0.39, 0.29) is 10.6 Å². The van der Waals surface area contributed by atoms with Crippen LogP contribution in [0.3, 0.4) is 0 Å². The normalized spacial score (nSPS) is 11.0. The summed E-state index contributed by atoms with van der Waals surface area (Å²) in [4.78, 5) is 21.2. The molecule has 0 saturated carbocycles. The number of anilines is 1. The first-order valence-corrected chi connectivity index (χ1v) is 9.85. The Hall–Kier alpha value is -3.52. The predicted molar refractivity (Wildman–Crippen MR) is 118 cm³/mol. The van der Waals surface area contributed by atoms with Gasteiger partial charge in [-0.15, -0.1) is 0 Å². The van der Waals surface area contributed by atoms with E-state index in [2.05, 4.69) is 10.3 Å². The molecule has 0 aliphatic carbocycles. The van der Waals surface area contributed by atoms with Crippen LogP contribution in [-0.4, -0.2) is 41.7 Å². The maximum absolute atomic E-state index is 12.1. The third-order valence-electron chi connectivity index (χ3n) is 5.06. The van der Waals surface area contributed by atoms with Crippen LogP contribution in [0.15, 0.2) is 36.5 Å². The van der Waals surface area contributed by atoms with Crippen molar-refractivity contribution in [3.63, 3.8) is 0 Å². The van der Waals surface area contributed by atoms with Gasteiger partial charge in [-0.25, -0.2) is 14.8 Å². The number of nitrogens with zero attached hydrogens (tertiary/aromatic N) is 3. The fourth-order valence-electron chi connectivity index (χ4n) is 3.49. The van der Waals surface area contributed by atoms with Crippen LogP contribution in [0.1, 0.15) is 21.7 Å². The van der Waals surface area contributed by atoms with Crippen molar-refractivity contribution < 1.29 is 19.0 Å². The molecule has 8 nitrogen and oxygen atoms in total. The molecule has 0 atom stereocenters. The number of aryl methyl sites for hydroxylation is 1. The van der Waals surface area contributed by atoms with E-state index in [1.165, 1.54) is 7.11 Å².